The zero-order chi connectivity index (χ0) is 19.8. The Labute approximate surface area is 168 Å². The SMILES string of the molecule is CCOC(=O)c1ccc(NC(=O)C(Sc2ccccn2)c2ccccc2)cc1. The molecule has 0 aliphatic carbocycles. The van der Waals surface area contributed by atoms with Crippen molar-refractivity contribution < 1.29 is 14.3 Å². The summed E-state index contributed by atoms with van der Waals surface area (Å²) in [6.45, 7) is 2.08. The van der Waals surface area contributed by atoms with Crippen LogP contribution in [0.15, 0.2) is 84.0 Å². The van der Waals surface area contributed by atoms with E-state index in [9.17, 15) is 9.59 Å². The maximum absolute atomic E-state index is 13.0. The Morgan fingerprint density at radius 1 is 1.00 bits per heavy atom. The van der Waals surface area contributed by atoms with Gasteiger partial charge in [0.15, 0.2) is 0 Å². The molecule has 0 bridgehead atoms. The number of nitrogens with zero attached hydrogens (tertiary/aromatic N) is 1. The van der Waals surface area contributed by atoms with E-state index >= 15 is 0 Å². The van der Waals surface area contributed by atoms with Gasteiger partial charge in [-0.3, -0.25) is 4.79 Å². The van der Waals surface area contributed by atoms with E-state index in [0.29, 0.717) is 17.9 Å². The Kier molecular flexibility index (Phi) is 6.81. The first-order valence-corrected chi connectivity index (χ1v) is 9.76. The highest BCUT2D eigenvalue weighted by Crippen LogP contribution is 2.35. The quantitative estimate of drug-likeness (QED) is 0.465. The van der Waals surface area contributed by atoms with Crippen LogP contribution in [0.3, 0.4) is 0 Å². The minimum absolute atomic E-state index is 0.161. The number of aromatic nitrogens is 1. The van der Waals surface area contributed by atoms with E-state index in [1.165, 1.54) is 11.8 Å². The molecular formula is C22H20N2O3S. The molecule has 0 fully saturated rings. The smallest absolute Gasteiger partial charge is 0.338 e. The molecule has 1 heterocycles. The number of thioether (sulfide) groups is 1. The third kappa shape index (κ3) is 5.20. The van der Waals surface area contributed by atoms with Gasteiger partial charge in [0.25, 0.3) is 0 Å². The van der Waals surface area contributed by atoms with Crippen molar-refractivity contribution >= 4 is 29.3 Å². The van der Waals surface area contributed by atoms with E-state index in [4.69, 9.17) is 4.74 Å². The van der Waals surface area contributed by atoms with E-state index in [1.54, 1.807) is 37.4 Å². The number of benzene rings is 2. The summed E-state index contributed by atoms with van der Waals surface area (Å²) in [5.74, 6) is -0.543. The van der Waals surface area contributed by atoms with Crippen LogP contribution < -0.4 is 5.32 Å². The van der Waals surface area contributed by atoms with Crippen molar-refractivity contribution in [3.8, 4) is 0 Å². The Hall–Kier alpha value is -3.12. The molecular weight excluding hydrogens is 372 g/mol. The summed E-state index contributed by atoms with van der Waals surface area (Å²) in [4.78, 5) is 29.1. The minimum atomic E-state index is -0.458. The van der Waals surface area contributed by atoms with Gasteiger partial charge < -0.3 is 10.1 Å². The number of hydrogen-bond acceptors (Lipinski definition) is 5. The first-order chi connectivity index (χ1) is 13.7. The van der Waals surface area contributed by atoms with Crippen molar-refractivity contribution in [2.45, 2.75) is 17.2 Å². The normalized spacial score (nSPS) is 11.5. The fraction of sp³-hybridized carbons (Fsp3) is 0.136. The van der Waals surface area contributed by atoms with Gasteiger partial charge in [-0.15, -0.1) is 0 Å². The summed E-state index contributed by atoms with van der Waals surface area (Å²) in [6.07, 6.45) is 1.70. The van der Waals surface area contributed by atoms with Crippen LogP contribution in [-0.2, 0) is 9.53 Å². The van der Waals surface area contributed by atoms with Gasteiger partial charge >= 0.3 is 5.97 Å². The molecule has 142 valence electrons. The number of pyridine rings is 1. The average molecular weight is 392 g/mol. The number of esters is 1. The van der Waals surface area contributed by atoms with Crippen molar-refractivity contribution in [2.75, 3.05) is 11.9 Å². The van der Waals surface area contributed by atoms with E-state index < -0.39 is 5.25 Å². The molecule has 1 amide bonds. The second-order valence-electron chi connectivity index (χ2n) is 5.86. The standard InChI is InChI=1S/C22H20N2O3S/c1-2-27-22(26)17-11-13-18(14-12-17)24-21(25)20(16-8-4-3-5-9-16)28-19-10-6-7-15-23-19/h3-15,20H,2H2,1H3,(H,24,25). The Bertz CT molecular complexity index is 916. The predicted octanol–water partition coefficient (Wildman–Crippen LogP) is 4.73. The number of anilines is 1. The van der Waals surface area contributed by atoms with Crippen LogP contribution in [-0.4, -0.2) is 23.5 Å². The first kappa shape index (κ1) is 19.6. The number of hydrogen-bond donors (Lipinski definition) is 1. The Morgan fingerprint density at radius 3 is 2.36 bits per heavy atom. The summed E-state index contributed by atoms with van der Waals surface area (Å²) in [7, 11) is 0. The largest absolute Gasteiger partial charge is 0.462 e. The van der Waals surface area contributed by atoms with Crippen LogP contribution in [0.4, 0.5) is 5.69 Å². The van der Waals surface area contributed by atoms with Crippen molar-refractivity contribution in [3.63, 3.8) is 0 Å². The van der Waals surface area contributed by atoms with Crippen LogP contribution in [0.1, 0.15) is 28.1 Å². The molecule has 5 nitrogen and oxygen atoms in total. The predicted molar refractivity (Wildman–Crippen MR) is 110 cm³/mol. The second kappa shape index (κ2) is 9.71. The number of carbonyl (C=O) groups excluding carboxylic acids is 2. The van der Waals surface area contributed by atoms with Gasteiger partial charge in [-0.25, -0.2) is 9.78 Å². The van der Waals surface area contributed by atoms with Crippen molar-refractivity contribution in [1.29, 1.82) is 0 Å². The number of rotatable bonds is 7. The van der Waals surface area contributed by atoms with Crippen molar-refractivity contribution in [2.24, 2.45) is 0 Å². The van der Waals surface area contributed by atoms with Gasteiger partial charge in [-0.1, -0.05) is 48.2 Å². The molecule has 6 heteroatoms. The monoisotopic (exact) mass is 392 g/mol. The molecule has 0 saturated carbocycles. The first-order valence-electron chi connectivity index (χ1n) is 8.88. The fourth-order valence-corrected chi connectivity index (χ4v) is 3.53. The number of nitrogens with one attached hydrogen (secondary N) is 1. The van der Waals surface area contributed by atoms with Crippen LogP contribution in [0, 0.1) is 0 Å². The van der Waals surface area contributed by atoms with E-state index in [1.807, 2.05) is 48.5 Å². The molecule has 1 N–H and O–H groups in total. The topological polar surface area (TPSA) is 68.3 Å². The summed E-state index contributed by atoms with van der Waals surface area (Å²) >= 11 is 1.39. The van der Waals surface area contributed by atoms with Crippen molar-refractivity contribution in [3.05, 3.63) is 90.1 Å². The van der Waals surface area contributed by atoms with E-state index in [-0.39, 0.29) is 11.9 Å². The maximum atomic E-state index is 13.0. The van der Waals surface area contributed by atoms with E-state index in [0.717, 1.165) is 10.6 Å². The van der Waals surface area contributed by atoms with Gasteiger partial charge in [0.05, 0.1) is 17.2 Å². The van der Waals surface area contributed by atoms with Gasteiger partial charge in [0, 0.05) is 11.9 Å². The average Bonchev–Trinajstić information content (AvgIpc) is 2.74. The third-order valence-corrected chi connectivity index (χ3v) is 5.09. The fourth-order valence-electron chi connectivity index (χ4n) is 2.55. The lowest BCUT2D eigenvalue weighted by molar-refractivity contribution is -0.115. The molecule has 28 heavy (non-hydrogen) atoms. The maximum Gasteiger partial charge on any atom is 0.338 e. The highest BCUT2D eigenvalue weighted by atomic mass is 32.2. The molecule has 2 aromatic carbocycles. The minimum Gasteiger partial charge on any atom is -0.462 e. The molecule has 1 atom stereocenters. The summed E-state index contributed by atoms with van der Waals surface area (Å²) in [5, 5.41) is 3.23. The van der Waals surface area contributed by atoms with Crippen LogP contribution in [0.2, 0.25) is 0 Å². The lowest BCUT2D eigenvalue weighted by Gasteiger charge is -2.16. The van der Waals surface area contributed by atoms with Crippen molar-refractivity contribution in [1.82, 2.24) is 4.98 Å². The van der Waals surface area contributed by atoms with Gasteiger partial charge in [-0.2, -0.15) is 0 Å². The third-order valence-electron chi connectivity index (χ3n) is 3.88. The van der Waals surface area contributed by atoms with Crippen LogP contribution in [0.25, 0.3) is 0 Å². The van der Waals surface area contributed by atoms with E-state index in [2.05, 4.69) is 10.3 Å². The molecule has 3 rings (SSSR count). The van der Waals surface area contributed by atoms with Gasteiger partial charge in [-0.05, 0) is 48.9 Å². The molecule has 0 spiro atoms. The summed E-state index contributed by atoms with van der Waals surface area (Å²) in [6, 6.07) is 21.8. The lowest BCUT2D eigenvalue weighted by Crippen LogP contribution is -2.19. The molecule has 0 aliphatic rings. The van der Waals surface area contributed by atoms with Gasteiger partial charge in [0.2, 0.25) is 5.91 Å². The highest BCUT2D eigenvalue weighted by Gasteiger charge is 2.22. The Balaban J connectivity index is 1.77. The number of ether oxygens (including phenoxy) is 1. The second-order valence-corrected chi connectivity index (χ2v) is 6.99. The molecule has 1 aromatic heterocycles. The molecule has 3 aromatic rings. The Morgan fingerprint density at radius 2 is 1.71 bits per heavy atom. The van der Waals surface area contributed by atoms with Gasteiger partial charge in [0.1, 0.15) is 5.25 Å². The zero-order valence-corrected chi connectivity index (χ0v) is 16.2. The van der Waals surface area contributed by atoms with Crippen LogP contribution >= 0.6 is 11.8 Å². The molecule has 1 unspecified atom stereocenters. The summed E-state index contributed by atoms with van der Waals surface area (Å²) in [5.41, 5.74) is 1.95. The van der Waals surface area contributed by atoms with Crippen LogP contribution in [0.5, 0.6) is 0 Å². The number of amides is 1. The molecule has 0 radical (unpaired) electrons. The molecule has 0 saturated heterocycles. The summed E-state index contributed by atoms with van der Waals surface area (Å²) < 4.78 is 4.97. The molecule has 0 aliphatic heterocycles. The lowest BCUT2D eigenvalue weighted by atomic mass is 10.1. The zero-order valence-electron chi connectivity index (χ0n) is 15.4. The number of carbonyl (C=O) groups is 2. The highest BCUT2D eigenvalue weighted by molar-refractivity contribution is 8.00.